The van der Waals surface area contributed by atoms with Gasteiger partial charge in [-0.2, -0.15) is 0 Å². The number of para-hydroxylation sites is 1. The van der Waals surface area contributed by atoms with E-state index in [2.05, 4.69) is 5.32 Å². The van der Waals surface area contributed by atoms with Crippen molar-refractivity contribution < 1.29 is 45.3 Å². The van der Waals surface area contributed by atoms with Crippen LogP contribution in [0.15, 0.2) is 60.7 Å². The number of nitrogens with one attached hydrogen (secondary N) is 1. The first-order valence-corrected chi connectivity index (χ1v) is 13.0. The van der Waals surface area contributed by atoms with Crippen molar-refractivity contribution >= 4 is 12.1 Å². The molecule has 2 atom stereocenters. The molecular weight excluding hydrogens is 536 g/mol. The molecule has 3 fully saturated rings. The number of quaternary nitrogens is 1. The number of piperidine rings is 3. The molecule has 0 aliphatic carbocycles. The maximum atomic E-state index is 13.4. The van der Waals surface area contributed by atoms with Crippen LogP contribution in [0.3, 0.4) is 0 Å². The van der Waals surface area contributed by atoms with E-state index in [1.807, 2.05) is 60.7 Å². The number of halogens is 1. The Labute approximate surface area is 230 Å². The maximum Gasteiger partial charge on any atom is 0.408 e. The zero-order chi connectivity index (χ0) is 25.6. The van der Waals surface area contributed by atoms with Crippen molar-refractivity contribution in [3.05, 3.63) is 66.2 Å². The molecule has 1 amide bonds. The van der Waals surface area contributed by atoms with E-state index < -0.39 is 23.7 Å². The van der Waals surface area contributed by atoms with Crippen LogP contribution in [0.5, 0.6) is 5.75 Å². The number of rotatable bonds is 9. The second kappa shape index (κ2) is 12.8. The molecule has 2 aromatic carbocycles. The first-order valence-electron chi connectivity index (χ1n) is 13.0. The first-order chi connectivity index (χ1) is 17.2. The summed E-state index contributed by atoms with van der Waals surface area (Å²) in [4.78, 5) is 25.9. The summed E-state index contributed by atoms with van der Waals surface area (Å²) in [5.41, 5.74) is 0.297. The van der Waals surface area contributed by atoms with E-state index in [-0.39, 0.29) is 23.1 Å². The minimum Gasteiger partial charge on any atom is -1.00 e. The van der Waals surface area contributed by atoms with Crippen LogP contribution >= 0.6 is 0 Å². The van der Waals surface area contributed by atoms with Gasteiger partial charge in [0.25, 0.3) is 0 Å². The number of carbonyl (C=O) groups excluding carboxylic acids is 2. The molecule has 3 saturated heterocycles. The molecule has 2 aromatic rings. The zero-order valence-corrected chi connectivity index (χ0v) is 23.6. The van der Waals surface area contributed by atoms with Gasteiger partial charge in [-0.1, -0.05) is 48.5 Å². The van der Waals surface area contributed by atoms with E-state index in [0.29, 0.717) is 18.9 Å². The quantitative estimate of drug-likeness (QED) is 0.361. The number of hydrogen-bond acceptors (Lipinski definition) is 5. The Kier molecular flexibility index (Phi) is 10.0. The highest BCUT2D eigenvalue weighted by atomic mass is 79.9. The molecule has 3 aliphatic heterocycles. The second-order valence-electron chi connectivity index (χ2n) is 11.1. The molecule has 202 valence electrons. The summed E-state index contributed by atoms with van der Waals surface area (Å²) in [5.74, 6) is 0.840. The van der Waals surface area contributed by atoms with Crippen LogP contribution in [0.25, 0.3) is 0 Å². The van der Waals surface area contributed by atoms with E-state index in [4.69, 9.17) is 14.2 Å². The Balaban J connectivity index is 0.00000380. The van der Waals surface area contributed by atoms with E-state index in [0.717, 1.165) is 54.8 Å². The van der Waals surface area contributed by atoms with Crippen molar-refractivity contribution in [2.45, 2.75) is 57.8 Å². The molecule has 2 bridgehead atoms. The molecule has 0 aromatic heterocycles. The van der Waals surface area contributed by atoms with Gasteiger partial charge in [-0.05, 0) is 38.5 Å². The number of ether oxygens (including phenoxy) is 3. The molecule has 0 unspecified atom stereocenters. The maximum absolute atomic E-state index is 13.4. The average molecular weight is 576 g/mol. The van der Waals surface area contributed by atoms with E-state index in [1.165, 1.54) is 0 Å². The number of hydrogen-bond donors (Lipinski definition) is 1. The van der Waals surface area contributed by atoms with Crippen molar-refractivity contribution in [3.8, 4) is 5.75 Å². The van der Waals surface area contributed by atoms with Gasteiger partial charge in [0.1, 0.15) is 37.1 Å². The lowest BCUT2D eigenvalue weighted by atomic mass is 9.83. The van der Waals surface area contributed by atoms with Crippen LogP contribution in [0, 0.1) is 5.92 Å². The third kappa shape index (κ3) is 8.47. The summed E-state index contributed by atoms with van der Waals surface area (Å²) in [6, 6.07) is 18.7. The zero-order valence-electron chi connectivity index (χ0n) is 22.0. The van der Waals surface area contributed by atoms with Gasteiger partial charge in [-0.3, -0.25) is 0 Å². The minimum atomic E-state index is -0.812. The fourth-order valence-corrected chi connectivity index (χ4v) is 5.27. The van der Waals surface area contributed by atoms with E-state index in [1.54, 1.807) is 20.8 Å². The van der Waals surface area contributed by atoms with Crippen molar-refractivity contribution in [2.24, 2.45) is 5.92 Å². The van der Waals surface area contributed by atoms with Gasteiger partial charge in [0.2, 0.25) is 0 Å². The van der Waals surface area contributed by atoms with Crippen molar-refractivity contribution in [1.82, 2.24) is 5.32 Å². The number of nitrogens with zero attached hydrogens (tertiary/aromatic N) is 1. The largest absolute Gasteiger partial charge is 1.00 e. The number of benzene rings is 2. The summed E-state index contributed by atoms with van der Waals surface area (Å²) < 4.78 is 18.4. The predicted molar refractivity (Wildman–Crippen MR) is 138 cm³/mol. The van der Waals surface area contributed by atoms with Crippen LogP contribution in [-0.2, 0) is 20.7 Å². The molecule has 3 aliphatic rings. The lowest BCUT2D eigenvalue weighted by Gasteiger charge is -2.52. The predicted octanol–water partition coefficient (Wildman–Crippen LogP) is 1.36. The normalized spacial score (nSPS) is 23.3. The van der Waals surface area contributed by atoms with Crippen molar-refractivity contribution in [3.63, 3.8) is 0 Å². The van der Waals surface area contributed by atoms with Crippen molar-refractivity contribution in [1.29, 1.82) is 0 Å². The standard InChI is InChI=1S/C29H38N2O5.BrH/c1-29(2,3)36-28(33)30-25(20-22-10-6-4-7-11-22)27(32)35-26-21-31(16-14-23(26)15-17-31)18-19-34-24-12-8-5-9-13-24;/h4-13,23,25-26H,14-21H2,1-3H3;1H/t23?,25-,26-,31?;/m0./s1. The monoisotopic (exact) mass is 574 g/mol. The van der Waals surface area contributed by atoms with Crippen LogP contribution in [-0.4, -0.2) is 67.1 Å². The minimum absolute atomic E-state index is 0. The average Bonchev–Trinajstić information content (AvgIpc) is 2.84. The number of fused-ring (bicyclic) bond motifs is 3. The summed E-state index contributed by atoms with van der Waals surface area (Å²) in [6.45, 7) is 9.88. The fraction of sp³-hybridized carbons (Fsp3) is 0.517. The third-order valence-corrected chi connectivity index (χ3v) is 7.14. The highest BCUT2D eigenvalue weighted by Crippen LogP contribution is 2.35. The smallest absolute Gasteiger partial charge is 0.408 e. The molecule has 8 heteroatoms. The van der Waals surface area contributed by atoms with Gasteiger partial charge >= 0.3 is 12.1 Å². The summed E-state index contributed by atoms with van der Waals surface area (Å²) in [7, 11) is 0. The fourth-order valence-electron chi connectivity index (χ4n) is 5.27. The topological polar surface area (TPSA) is 73.9 Å². The van der Waals surface area contributed by atoms with Gasteiger partial charge in [0.05, 0.1) is 13.1 Å². The number of amides is 1. The van der Waals surface area contributed by atoms with Gasteiger partial charge in [0, 0.05) is 25.2 Å². The van der Waals surface area contributed by atoms with Crippen LogP contribution < -0.4 is 27.0 Å². The molecule has 1 N–H and O–H groups in total. The van der Waals surface area contributed by atoms with E-state index >= 15 is 0 Å². The summed E-state index contributed by atoms with van der Waals surface area (Å²) in [5, 5.41) is 2.76. The Bertz CT molecular complexity index is 1000. The number of esters is 1. The van der Waals surface area contributed by atoms with E-state index in [9.17, 15) is 9.59 Å². The first kappa shape index (κ1) is 29.0. The van der Waals surface area contributed by atoms with Crippen LogP contribution in [0.4, 0.5) is 4.79 Å². The summed E-state index contributed by atoms with van der Waals surface area (Å²) >= 11 is 0. The molecule has 0 spiro atoms. The lowest BCUT2D eigenvalue weighted by Crippen LogP contribution is -3.00. The Morgan fingerprint density at radius 1 is 1.00 bits per heavy atom. The van der Waals surface area contributed by atoms with Gasteiger partial charge < -0.3 is 41.0 Å². The molecule has 0 saturated carbocycles. The van der Waals surface area contributed by atoms with Gasteiger partial charge in [-0.25, -0.2) is 9.59 Å². The number of carbonyl (C=O) groups is 2. The Morgan fingerprint density at radius 3 is 2.24 bits per heavy atom. The molecule has 37 heavy (non-hydrogen) atoms. The lowest BCUT2D eigenvalue weighted by molar-refractivity contribution is -0.946. The molecule has 0 radical (unpaired) electrons. The Hall–Kier alpha value is -2.58. The SMILES string of the molecule is CC(C)(C)OC(=O)N[C@@H](Cc1ccccc1)C(=O)O[C@H]1C[N+]2(CCOc3ccccc3)CCC1CC2.[Br-]. The Morgan fingerprint density at radius 2 is 1.62 bits per heavy atom. The molecule has 7 nitrogen and oxygen atoms in total. The third-order valence-electron chi connectivity index (χ3n) is 7.14. The van der Waals surface area contributed by atoms with Gasteiger partial charge in [0.15, 0.2) is 6.10 Å². The second-order valence-corrected chi connectivity index (χ2v) is 11.1. The highest BCUT2D eigenvalue weighted by molar-refractivity contribution is 5.82. The summed E-state index contributed by atoms with van der Waals surface area (Å²) in [6.07, 6.45) is 1.64. The number of alkyl carbamates (subject to hydrolysis) is 1. The van der Waals surface area contributed by atoms with Crippen LogP contribution in [0.1, 0.15) is 39.2 Å². The molecule has 5 rings (SSSR count). The highest BCUT2D eigenvalue weighted by Gasteiger charge is 2.48. The molecule has 3 heterocycles. The van der Waals surface area contributed by atoms with Crippen molar-refractivity contribution in [2.75, 3.05) is 32.8 Å². The van der Waals surface area contributed by atoms with Gasteiger partial charge in [-0.15, -0.1) is 0 Å². The molecular formula is C29H39BrN2O5. The van der Waals surface area contributed by atoms with Crippen LogP contribution in [0.2, 0.25) is 0 Å².